The molecule has 0 aliphatic carbocycles. The number of imidazole rings is 1. The van der Waals surface area contributed by atoms with Gasteiger partial charge < -0.3 is 29.7 Å². The van der Waals surface area contributed by atoms with Gasteiger partial charge in [0.2, 0.25) is 5.91 Å². The number of carbonyl (C=O) groups is 3. The number of amides is 3. The lowest BCUT2D eigenvalue weighted by Crippen LogP contribution is -2.52. The Morgan fingerprint density at radius 2 is 1.67 bits per heavy atom. The number of piperidine rings is 1. The van der Waals surface area contributed by atoms with E-state index in [0.717, 1.165) is 43.0 Å². The number of nitrogens with zero attached hydrogens (tertiary/aromatic N) is 8. The molecule has 2 N–H and O–H groups in total. The number of aromatic nitrogens is 6. The number of hydrogen-bond acceptors (Lipinski definition) is 9. The first-order valence-corrected chi connectivity index (χ1v) is 15.8. The zero-order chi connectivity index (χ0) is 34.9. The summed E-state index contributed by atoms with van der Waals surface area (Å²) in [5.74, 6) is -0.886. The first-order chi connectivity index (χ1) is 23.4. The van der Waals surface area contributed by atoms with Crippen molar-refractivity contribution in [3.63, 3.8) is 0 Å². The van der Waals surface area contributed by atoms with E-state index in [1.54, 1.807) is 4.90 Å². The van der Waals surface area contributed by atoms with Gasteiger partial charge in [-0.25, -0.2) is 19.6 Å². The van der Waals surface area contributed by atoms with Crippen molar-refractivity contribution < 1.29 is 32.3 Å². The van der Waals surface area contributed by atoms with Gasteiger partial charge in [0.25, 0.3) is 17.8 Å². The van der Waals surface area contributed by atoms with Gasteiger partial charge >= 0.3 is 6.18 Å². The second-order valence-corrected chi connectivity index (χ2v) is 12.0. The molecular weight excluding hydrogens is 669 g/mol. The zero-order valence-electron chi connectivity index (χ0n) is 26.5. The molecule has 0 radical (unpaired) electrons. The number of alkyl halides is 3. The van der Waals surface area contributed by atoms with Crippen LogP contribution in [0.15, 0.2) is 43.0 Å². The van der Waals surface area contributed by atoms with E-state index in [4.69, 9.17) is 16.3 Å². The van der Waals surface area contributed by atoms with Crippen molar-refractivity contribution in [3.8, 4) is 23.0 Å². The first kappa shape index (κ1) is 33.9. The summed E-state index contributed by atoms with van der Waals surface area (Å²) in [6, 6.07) is 4.40. The molecule has 0 spiro atoms. The molecule has 5 heterocycles. The molecular formula is C31H32ClF3N10O4. The highest BCUT2D eigenvalue weighted by Crippen LogP contribution is 2.37. The van der Waals surface area contributed by atoms with Crippen LogP contribution in [0.3, 0.4) is 0 Å². The topological polar surface area (TPSA) is 152 Å². The largest absolute Gasteiger partial charge is 0.494 e. The number of nitrogens with one attached hydrogen (secondary N) is 2. The second kappa shape index (κ2) is 13.8. The number of piperazine rings is 1. The Kier molecular flexibility index (Phi) is 9.56. The van der Waals surface area contributed by atoms with Crippen LogP contribution in [-0.2, 0) is 18.0 Å². The Morgan fingerprint density at radius 1 is 1.00 bits per heavy atom. The predicted octanol–water partition coefficient (Wildman–Crippen LogP) is 3.28. The van der Waals surface area contributed by atoms with Gasteiger partial charge in [0.15, 0.2) is 17.3 Å². The molecule has 2 aliphatic rings. The van der Waals surface area contributed by atoms with Crippen LogP contribution in [0, 0.1) is 5.92 Å². The average Bonchev–Trinajstić information content (AvgIpc) is 3.72. The minimum atomic E-state index is -4.84. The van der Waals surface area contributed by atoms with Gasteiger partial charge in [-0.1, -0.05) is 11.6 Å². The molecule has 18 heteroatoms. The highest BCUT2D eigenvalue weighted by molar-refractivity contribution is 6.34. The maximum Gasteiger partial charge on any atom is 0.435 e. The molecule has 2 saturated heterocycles. The number of anilines is 1. The van der Waals surface area contributed by atoms with Crippen LogP contribution in [-0.4, -0.2) is 103 Å². The van der Waals surface area contributed by atoms with Crippen molar-refractivity contribution in [1.29, 1.82) is 0 Å². The Balaban J connectivity index is 1.13. The Hall–Kier alpha value is -5.03. The van der Waals surface area contributed by atoms with Gasteiger partial charge in [0.1, 0.15) is 0 Å². The van der Waals surface area contributed by atoms with Crippen LogP contribution >= 0.6 is 11.6 Å². The summed E-state index contributed by atoms with van der Waals surface area (Å²) in [4.78, 5) is 54.9. The van der Waals surface area contributed by atoms with Crippen molar-refractivity contribution in [2.24, 2.45) is 13.0 Å². The fraction of sp³-hybridized carbons (Fsp3) is 0.387. The molecule has 2 aliphatic heterocycles. The maximum atomic E-state index is 14.0. The summed E-state index contributed by atoms with van der Waals surface area (Å²) in [5.41, 5.74) is -1.12. The quantitative estimate of drug-likeness (QED) is 0.296. The highest BCUT2D eigenvalue weighted by Gasteiger charge is 2.39. The van der Waals surface area contributed by atoms with Crippen molar-refractivity contribution in [2.45, 2.75) is 19.0 Å². The predicted molar refractivity (Wildman–Crippen MR) is 170 cm³/mol. The highest BCUT2D eigenvalue weighted by atomic mass is 35.5. The van der Waals surface area contributed by atoms with Crippen molar-refractivity contribution in [3.05, 3.63) is 65.1 Å². The minimum absolute atomic E-state index is 0.00891. The molecule has 258 valence electrons. The number of ether oxygens (including phenoxy) is 1. The fourth-order valence-corrected chi connectivity index (χ4v) is 6.12. The van der Waals surface area contributed by atoms with E-state index < -0.39 is 17.8 Å². The monoisotopic (exact) mass is 700 g/mol. The van der Waals surface area contributed by atoms with Gasteiger partial charge in [-0.3, -0.25) is 14.4 Å². The van der Waals surface area contributed by atoms with Crippen LogP contribution < -0.4 is 15.4 Å². The van der Waals surface area contributed by atoms with Crippen molar-refractivity contribution in [1.82, 2.24) is 44.4 Å². The standard InChI is InChI=1S/C31H32ClF3N10O4/c1-42-24(22-17-45(41-25(22)31(33,34)35)30-38-14-20(49-2)15-39-30)16-37-26(42)27(46)40-19-3-4-21(23(32)13-19)29(48)44-11-9-43(10-12-44)28(47)18-5-7-36-8-6-18/h3-4,13-18,36H,5-12H2,1-2H3,(H,40,46). The molecule has 3 amide bonds. The van der Waals surface area contributed by atoms with E-state index in [2.05, 4.69) is 30.7 Å². The smallest absolute Gasteiger partial charge is 0.435 e. The molecule has 14 nitrogen and oxygen atoms in total. The molecule has 2 fully saturated rings. The van der Waals surface area contributed by atoms with Gasteiger partial charge in [0, 0.05) is 51.0 Å². The van der Waals surface area contributed by atoms with Gasteiger partial charge in [0.05, 0.1) is 47.5 Å². The molecule has 6 rings (SSSR count). The third kappa shape index (κ3) is 7.07. The van der Waals surface area contributed by atoms with Crippen LogP contribution in [0.4, 0.5) is 18.9 Å². The second-order valence-electron chi connectivity index (χ2n) is 11.6. The van der Waals surface area contributed by atoms with E-state index in [-0.39, 0.29) is 57.0 Å². The van der Waals surface area contributed by atoms with Crippen LogP contribution in [0.2, 0.25) is 5.02 Å². The van der Waals surface area contributed by atoms with E-state index in [1.165, 1.54) is 49.3 Å². The Bertz CT molecular complexity index is 1860. The molecule has 1 aromatic carbocycles. The summed E-state index contributed by atoms with van der Waals surface area (Å²) in [7, 11) is 2.80. The third-order valence-electron chi connectivity index (χ3n) is 8.53. The summed E-state index contributed by atoms with van der Waals surface area (Å²) in [5, 5.41) is 9.65. The minimum Gasteiger partial charge on any atom is -0.494 e. The fourth-order valence-electron chi connectivity index (χ4n) is 5.86. The summed E-state index contributed by atoms with van der Waals surface area (Å²) in [6.07, 6.45) is 1.60. The number of hydrogen-bond donors (Lipinski definition) is 2. The molecule has 0 saturated carbocycles. The summed E-state index contributed by atoms with van der Waals surface area (Å²) >= 11 is 6.48. The zero-order valence-corrected chi connectivity index (χ0v) is 27.3. The van der Waals surface area contributed by atoms with Gasteiger partial charge in [-0.15, -0.1) is 0 Å². The molecule has 49 heavy (non-hydrogen) atoms. The number of halogens is 4. The van der Waals surface area contributed by atoms with Crippen LogP contribution in [0.25, 0.3) is 17.2 Å². The third-order valence-corrected chi connectivity index (χ3v) is 8.84. The first-order valence-electron chi connectivity index (χ1n) is 15.4. The number of rotatable bonds is 7. The Labute approximate surface area is 283 Å². The number of benzene rings is 1. The molecule has 0 unspecified atom stereocenters. The van der Waals surface area contributed by atoms with E-state index in [1.807, 2.05) is 4.90 Å². The lowest BCUT2D eigenvalue weighted by Gasteiger charge is -2.37. The van der Waals surface area contributed by atoms with Crippen LogP contribution in [0.5, 0.6) is 5.75 Å². The molecule has 3 aromatic heterocycles. The van der Waals surface area contributed by atoms with Crippen molar-refractivity contribution >= 4 is 35.0 Å². The summed E-state index contributed by atoms with van der Waals surface area (Å²) < 4.78 is 49.2. The van der Waals surface area contributed by atoms with Gasteiger partial charge in [-0.05, 0) is 44.1 Å². The lowest BCUT2D eigenvalue weighted by atomic mass is 9.96. The lowest BCUT2D eigenvalue weighted by molar-refractivity contribution is -0.141. The van der Waals surface area contributed by atoms with E-state index >= 15 is 0 Å². The summed E-state index contributed by atoms with van der Waals surface area (Å²) in [6.45, 7) is 3.26. The number of carbonyl (C=O) groups excluding carboxylic acids is 3. The van der Waals surface area contributed by atoms with E-state index in [9.17, 15) is 27.6 Å². The molecule has 0 atom stereocenters. The average molecular weight is 701 g/mol. The number of methoxy groups -OCH3 is 1. The normalized spacial score (nSPS) is 15.7. The Morgan fingerprint density at radius 3 is 2.31 bits per heavy atom. The molecule has 0 bridgehead atoms. The SMILES string of the molecule is COc1cnc(-n2cc(-c3cnc(C(=O)Nc4ccc(C(=O)N5CCN(C(=O)C6CCNCC6)CC5)c(Cl)c4)n3C)c(C(F)(F)F)n2)nc1. The van der Waals surface area contributed by atoms with Crippen LogP contribution in [0.1, 0.15) is 39.5 Å². The van der Waals surface area contributed by atoms with Crippen molar-refractivity contribution in [2.75, 3.05) is 51.7 Å². The van der Waals surface area contributed by atoms with Gasteiger partial charge in [-0.2, -0.15) is 18.3 Å². The maximum absolute atomic E-state index is 14.0. The van der Waals surface area contributed by atoms with E-state index in [0.29, 0.717) is 31.9 Å². The molecule has 4 aromatic rings.